The molecular formula is C17H13N5O2S2. The van der Waals surface area contributed by atoms with Gasteiger partial charge in [-0.05, 0) is 42.1 Å². The van der Waals surface area contributed by atoms with E-state index in [4.69, 9.17) is 4.98 Å². The van der Waals surface area contributed by atoms with Gasteiger partial charge in [0.25, 0.3) is 11.1 Å². The van der Waals surface area contributed by atoms with Crippen LogP contribution in [0.15, 0.2) is 34.7 Å². The predicted molar refractivity (Wildman–Crippen MR) is 102 cm³/mol. The summed E-state index contributed by atoms with van der Waals surface area (Å²) in [6, 6.07) is 6.49. The van der Waals surface area contributed by atoms with Crippen molar-refractivity contribution >= 4 is 51.8 Å². The summed E-state index contributed by atoms with van der Waals surface area (Å²) in [4.78, 5) is 29.4. The van der Waals surface area contributed by atoms with Crippen LogP contribution in [0, 0.1) is 0 Å². The molecule has 3 aromatic heterocycles. The number of hydrogen-bond acceptors (Lipinski definition) is 7. The van der Waals surface area contributed by atoms with Crippen molar-refractivity contribution in [3.63, 3.8) is 0 Å². The topological polar surface area (TPSA) is 88.4 Å². The summed E-state index contributed by atoms with van der Waals surface area (Å²) in [6.45, 7) is 0. The predicted octanol–water partition coefficient (Wildman–Crippen LogP) is 3.36. The Morgan fingerprint density at radius 2 is 2.23 bits per heavy atom. The number of imide groups is 1. The lowest BCUT2D eigenvalue weighted by Crippen LogP contribution is -2.17. The van der Waals surface area contributed by atoms with Crippen LogP contribution in [0.5, 0.6) is 0 Å². The maximum absolute atomic E-state index is 11.8. The molecule has 26 heavy (non-hydrogen) atoms. The number of aromatic nitrogens is 3. The zero-order valence-electron chi connectivity index (χ0n) is 13.4. The highest BCUT2D eigenvalue weighted by Gasteiger charge is 2.26. The third-order valence-corrected chi connectivity index (χ3v) is 5.83. The molecule has 2 amide bonds. The normalized spacial score (nSPS) is 18.7. The number of fused-ring (bicyclic) bond motifs is 1. The van der Waals surface area contributed by atoms with E-state index in [-0.39, 0.29) is 11.1 Å². The first-order valence-corrected chi connectivity index (χ1v) is 9.81. The van der Waals surface area contributed by atoms with Gasteiger partial charge in [-0.15, -0.1) is 11.3 Å². The molecule has 1 saturated carbocycles. The van der Waals surface area contributed by atoms with Gasteiger partial charge >= 0.3 is 0 Å². The average molecular weight is 383 g/mol. The molecule has 2 fully saturated rings. The first-order chi connectivity index (χ1) is 12.7. The van der Waals surface area contributed by atoms with Crippen molar-refractivity contribution in [1.29, 1.82) is 0 Å². The molecule has 3 aromatic rings. The fourth-order valence-electron chi connectivity index (χ4n) is 2.73. The van der Waals surface area contributed by atoms with Crippen LogP contribution in [0.3, 0.4) is 0 Å². The van der Waals surface area contributed by atoms with Crippen molar-refractivity contribution in [2.45, 2.75) is 18.9 Å². The second-order valence-electron chi connectivity index (χ2n) is 6.11. The minimum atomic E-state index is -0.384. The van der Waals surface area contributed by atoms with Crippen molar-refractivity contribution < 1.29 is 9.59 Å². The molecule has 130 valence electrons. The molecule has 0 spiro atoms. The second-order valence-corrected chi connectivity index (χ2v) is 8.07. The Hall–Kier alpha value is -2.65. The first-order valence-electron chi connectivity index (χ1n) is 8.11. The number of thiophene rings is 1. The molecule has 9 heteroatoms. The summed E-state index contributed by atoms with van der Waals surface area (Å²) in [7, 11) is 0. The Labute approximate surface area is 156 Å². The zero-order valence-corrected chi connectivity index (χ0v) is 15.1. The average Bonchev–Trinajstić information content (AvgIpc) is 3.01. The van der Waals surface area contributed by atoms with Gasteiger partial charge in [-0.1, -0.05) is 6.07 Å². The van der Waals surface area contributed by atoms with Gasteiger partial charge < -0.3 is 5.32 Å². The van der Waals surface area contributed by atoms with E-state index in [1.807, 2.05) is 23.6 Å². The van der Waals surface area contributed by atoms with E-state index < -0.39 is 0 Å². The van der Waals surface area contributed by atoms with Gasteiger partial charge in [0.1, 0.15) is 5.82 Å². The van der Waals surface area contributed by atoms with Crippen molar-refractivity contribution in [3.8, 4) is 10.6 Å². The van der Waals surface area contributed by atoms with Crippen molar-refractivity contribution in [2.24, 2.45) is 0 Å². The van der Waals surface area contributed by atoms with Gasteiger partial charge in [0.15, 0.2) is 5.65 Å². The van der Waals surface area contributed by atoms with Crippen molar-refractivity contribution in [3.05, 3.63) is 40.2 Å². The van der Waals surface area contributed by atoms with Gasteiger partial charge in [0.2, 0.25) is 0 Å². The number of rotatable bonds is 4. The minimum Gasteiger partial charge on any atom is -0.367 e. The summed E-state index contributed by atoms with van der Waals surface area (Å²) >= 11 is 2.51. The Morgan fingerprint density at radius 1 is 1.35 bits per heavy atom. The quantitative estimate of drug-likeness (QED) is 0.672. The van der Waals surface area contributed by atoms with Crippen molar-refractivity contribution in [2.75, 3.05) is 5.32 Å². The maximum atomic E-state index is 11.8. The minimum absolute atomic E-state index is 0.352. The monoisotopic (exact) mass is 383 g/mol. The second kappa shape index (κ2) is 5.96. The van der Waals surface area contributed by atoms with E-state index in [1.54, 1.807) is 28.1 Å². The smallest absolute Gasteiger partial charge is 0.290 e. The number of hydrogen-bond donors (Lipinski definition) is 2. The fourth-order valence-corrected chi connectivity index (χ4v) is 4.09. The van der Waals surface area contributed by atoms with Crippen LogP contribution in [0.25, 0.3) is 22.3 Å². The van der Waals surface area contributed by atoms with Crippen LogP contribution in [0.2, 0.25) is 0 Å². The van der Waals surface area contributed by atoms with Crippen LogP contribution < -0.4 is 10.6 Å². The van der Waals surface area contributed by atoms with Gasteiger partial charge in [-0.2, -0.15) is 9.61 Å². The fraction of sp³-hybridized carbons (Fsp3) is 0.176. The molecule has 4 heterocycles. The van der Waals surface area contributed by atoms with E-state index >= 15 is 0 Å². The summed E-state index contributed by atoms with van der Waals surface area (Å²) in [5.41, 5.74) is 2.21. The largest absolute Gasteiger partial charge is 0.367 e. The Morgan fingerprint density at radius 3 is 2.92 bits per heavy atom. The lowest BCUT2D eigenvalue weighted by atomic mass is 10.2. The Balaban J connectivity index is 1.65. The number of carbonyl (C=O) groups excluding carboxylic acids is 2. The number of nitrogens with zero attached hydrogens (tertiary/aromatic N) is 3. The van der Waals surface area contributed by atoms with Gasteiger partial charge in [0, 0.05) is 17.7 Å². The Kier molecular flexibility index (Phi) is 3.57. The lowest BCUT2D eigenvalue weighted by Gasteiger charge is -2.09. The van der Waals surface area contributed by atoms with Gasteiger partial charge in [-0.3, -0.25) is 14.9 Å². The van der Waals surface area contributed by atoms with Gasteiger partial charge in [0.05, 0.1) is 21.7 Å². The molecule has 0 atom stereocenters. The summed E-state index contributed by atoms with van der Waals surface area (Å²) in [6.07, 6.45) is 5.63. The van der Waals surface area contributed by atoms with E-state index in [0.29, 0.717) is 22.2 Å². The number of carbonyl (C=O) groups is 2. The third-order valence-electron chi connectivity index (χ3n) is 4.13. The third kappa shape index (κ3) is 2.78. The number of nitrogens with one attached hydrogen (secondary N) is 2. The molecule has 0 bridgehead atoms. The summed E-state index contributed by atoms with van der Waals surface area (Å²) in [5, 5.41) is 11.8. The van der Waals surface area contributed by atoms with E-state index in [1.165, 1.54) is 0 Å². The molecule has 2 aliphatic rings. The zero-order chi connectivity index (χ0) is 17.7. The maximum Gasteiger partial charge on any atom is 0.290 e. The molecule has 0 radical (unpaired) electrons. The molecule has 5 rings (SSSR count). The van der Waals surface area contributed by atoms with Gasteiger partial charge in [-0.25, -0.2) is 4.98 Å². The molecule has 0 unspecified atom stereocenters. The number of thioether (sulfide) groups is 1. The summed E-state index contributed by atoms with van der Waals surface area (Å²) in [5.74, 6) is 0.496. The molecule has 0 aromatic carbocycles. The van der Waals surface area contributed by atoms with Crippen LogP contribution >= 0.6 is 23.1 Å². The van der Waals surface area contributed by atoms with Crippen LogP contribution in [-0.4, -0.2) is 31.8 Å². The molecular weight excluding hydrogens is 370 g/mol. The van der Waals surface area contributed by atoms with Crippen LogP contribution in [-0.2, 0) is 4.79 Å². The Bertz CT molecular complexity index is 1070. The summed E-state index contributed by atoms with van der Waals surface area (Å²) < 4.78 is 1.75. The molecule has 1 aliphatic carbocycles. The highest BCUT2D eigenvalue weighted by atomic mass is 32.2. The van der Waals surface area contributed by atoms with Crippen LogP contribution in [0.1, 0.15) is 18.4 Å². The van der Waals surface area contributed by atoms with E-state index in [0.717, 1.165) is 41.0 Å². The molecule has 2 N–H and O–H groups in total. The first kappa shape index (κ1) is 15.6. The molecule has 1 saturated heterocycles. The van der Waals surface area contributed by atoms with Crippen LogP contribution in [0.4, 0.5) is 10.6 Å². The highest BCUT2D eigenvalue weighted by molar-refractivity contribution is 8.18. The van der Waals surface area contributed by atoms with E-state index in [2.05, 4.69) is 15.7 Å². The van der Waals surface area contributed by atoms with E-state index in [9.17, 15) is 9.59 Å². The molecule has 1 aliphatic heterocycles. The number of amides is 2. The number of anilines is 1. The lowest BCUT2D eigenvalue weighted by molar-refractivity contribution is -0.115. The highest BCUT2D eigenvalue weighted by Crippen LogP contribution is 2.32. The standard InChI is InChI=1S/C17H13N5O2S2/c23-16-13(26-17(24)21-16)6-9-8-18-22-14(19-10-3-4-10)7-11(20-15(9)22)12-2-1-5-25-12/h1-2,5-8,10,19H,3-4H2,(H,21,23,24)/b13-6-. The molecule has 7 nitrogen and oxygen atoms in total. The SMILES string of the molecule is O=C1NC(=O)/C(=C/c2cnn3c(NC4CC4)cc(-c4cccs4)nc23)S1. The van der Waals surface area contributed by atoms with Crippen molar-refractivity contribution in [1.82, 2.24) is 19.9 Å².